The molecule has 0 unspecified atom stereocenters. The van der Waals surface area contributed by atoms with Crippen molar-refractivity contribution in [2.45, 2.75) is 70.6 Å². The molecule has 33 heavy (non-hydrogen) atoms. The molecule has 5 rings (SSSR count). The van der Waals surface area contributed by atoms with Crippen molar-refractivity contribution < 1.29 is 9.59 Å². The van der Waals surface area contributed by atoms with Gasteiger partial charge in [0.05, 0.1) is 0 Å². The summed E-state index contributed by atoms with van der Waals surface area (Å²) in [5, 5.41) is 0. The van der Waals surface area contributed by atoms with Gasteiger partial charge in [-0.2, -0.15) is 0 Å². The second-order valence-corrected chi connectivity index (χ2v) is 9.93. The van der Waals surface area contributed by atoms with Crippen LogP contribution in [0.5, 0.6) is 0 Å². The SMILES string of the molecule is Cc1nc([C@H]2CCCN(C(=O)c3ccccc3)C2)nc2c1CCC(=O)N2CC1CCCCC1. The second-order valence-electron chi connectivity index (χ2n) is 9.93. The number of aryl methyl sites for hydroxylation is 1. The van der Waals surface area contributed by atoms with Gasteiger partial charge in [-0.05, 0) is 57.1 Å². The molecule has 1 aliphatic carbocycles. The van der Waals surface area contributed by atoms with Gasteiger partial charge in [0.15, 0.2) is 0 Å². The van der Waals surface area contributed by atoms with Crippen LogP contribution in [0, 0.1) is 12.8 Å². The Morgan fingerprint density at radius 3 is 2.58 bits per heavy atom. The zero-order valence-electron chi connectivity index (χ0n) is 19.6. The predicted molar refractivity (Wildman–Crippen MR) is 128 cm³/mol. The summed E-state index contributed by atoms with van der Waals surface area (Å²) < 4.78 is 0. The number of hydrogen-bond donors (Lipinski definition) is 0. The van der Waals surface area contributed by atoms with Crippen LogP contribution in [0.3, 0.4) is 0 Å². The summed E-state index contributed by atoms with van der Waals surface area (Å²) in [7, 11) is 0. The molecule has 0 radical (unpaired) electrons. The Bertz CT molecular complexity index is 1020. The van der Waals surface area contributed by atoms with Crippen molar-refractivity contribution in [3.05, 3.63) is 53.0 Å². The molecule has 3 aliphatic rings. The lowest BCUT2D eigenvalue weighted by Gasteiger charge is -2.35. The van der Waals surface area contributed by atoms with Crippen LogP contribution in [0.25, 0.3) is 0 Å². The quantitative estimate of drug-likeness (QED) is 0.685. The van der Waals surface area contributed by atoms with Crippen molar-refractivity contribution in [2.75, 3.05) is 24.5 Å². The Balaban J connectivity index is 1.39. The molecule has 2 amide bonds. The van der Waals surface area contributed by atoms with E-state index in [1.54, 1.807) is 0 Å². The Labute approximate surface area is 196 Å². The number of carbonyl (C=O) groups is 2. The molecule has 1 aromatic heterocycles. The van der Waals surface area contributed by atoms with Gasteiger partial charge in [-0.3, -0.25) is 14.5 Å². The van der Waals surface area contributed by atoms with Crippen molar-refractivity contribution in [1.29, 1.82) is 0 Å². The minimum Gasteiger partial charge on any atom is -0.338 e. The number of piperidine rings is 1. The van der Waals surface area contributed by atoms with E-state index in [1.807, 2.05) is 47.1 Å². The Hall–Kier alpha value is -2.76. The maximum atomic E-state index is 13.0. The van der Waals surface area contributed by atoms with E-state index in [0.29, 0.717) is 18.9 Å². The number of benzene rings is 1. The minimum atomic E-state index is 0.0732. The first-order valence-electron chi connectivity index (χ1n) is 12.6. The third kappa shape index (κ3) is 4.66. The number of carbonyl (C=O) groups excluding carboxylic acids is 2. The maximum absolute atomic E-state index is 13.0. The summed E-state index contributed by atoms with van der Waals surface area (Å²) in [5.74, 6) is 2.57. The summed E-state index contributed by atoms with van der Waals surface area (Å²) in [6.07, 6.45) is 9.43. The highest BCUT2D eigenvalue weighted by Gasteiger charge is 2.33. The predicted octanol–water partition coefficient (Wildman–Crippen LogP) is 4.66. The number of amides is 2. The average molecular weight is 447 g/mol. The van der Waals surface area contributed by atoms with Gasteiger partial charge in [0, 0.05) is 48.8 Å². The fourth-order valence-corrected chi connectivity index (χ4v) is 5.74. The lowest BCUT2D eigenvalue weighted by Crippen LogP contribution is -2.42. The Kier molecular flexibility index (Phi) is 6.43. The van der Waals surface area contributed by atoms with Crippen molar-refractivity contribution >= 4 is 17.6 Å². The Morgan fingerprint density at radius 2 is 1.79 bits per heavy atom. The number of fused-ring (bicyclic) bond motifs is 1. The normalized spacial score (nSPS) is 21.7. The molecular formula is C27H34N4O2. The number of anilines is 1. The topological polar surface area (TPSA) is 66.4 Å². The molecule has 0 N–H and O–H groups in total. The van der Waals surface area contributed by atoms with Gasteiger partial charge in [-0.1, -0.05) is 37.5 Å². The van der Waals surface area contributed by atoms with Gasteiger partial charge in [-0.15, -0.1) is 0 Å². The maximum Gasteiger partial charge on any atom is 0.253 e. The van der Waals surface area contributed by atoms with Crippen LogP contribution in [0.1, 0.15) is 84.7 Å². The molecule has 2 fully saturated rings. The van der Waals surface area contributed by atoms with Crippen molar-refractivity contribution in [3.8, 4) is 0 Å². The molecule has 0 spiro atoms. The molecule has 6 nitrogen and oxygen atoms in total. The summed E-state index contributed by atoms with van der Waals surface area (Å²) in [4.78, 5) is 39.8. The lowest BCUT2D eigenvalue weighted by molar-refractivity contribution is -0.119. The summed E-state index contributed by atoms with van der Waals surface area (Å²) >= 11 is 0. The molecule has 174 valence electrons. The molecule has 1 saturated carbocycles. The highest BCUT2D eigenvalue weighted by molar-refractivity contribution is 5.95. The highest BCUT2D eigenvalue weighted by Crippen LogP contribution is 2.34. The van der Waals surface area contributed by atoms with Crippen molar-refractivity contribution in [2.24, 2.45) is 5.92 Å². The highest BCUT2D eigenvalue weighted by atomic mass is 16.2. The summed E-state index contributed by atoms with van der Waals surface area (Å²) in [5.41, 5.74) is 2.84. The van der Waals surface area contributed by atoms with Crippen LogP contribution in [0.2, 0.25) is 0 Å². The number of rotatable bonds is 4. The molecule has 2 aliphatic heterocycles. The zero-order valence-corrected chi connectivity index (χ0v) is 19.6. The molecule has 1 saturated heterocycles. The van der Waals surface area contributed by atoms with Crippen molar-refractivity contribution in [1.82, 2.24) is 14.9 Å². The first-order valence-corrected chi connectivity index (χ1v) is 12.6. The van der Waals surface area contributed by atoms with E-state index in [9.17, 15) is 9.59 Å². The first kappa shape index (κ1) is 22.1. The van der Waals surface area contributed by atoms with Gasteiger partial charge in [-0.25, -0.2) is 9.97 Å². The molecule has 1 atom stereocenters. The van der Waals surface area contributed by atoms with Crippen LogP contribution >= 0.6 is 0 Å². The van der Waals surface area contributed by atoms with Crippen LogP contribution in [-0.2, 0) is 11.2 Å². The largest absolute Gasteiger partial charge is 0.338 e. The van der Waals surface area contributed by atoms with Crippen LogP contribution in [0.4, 0.5) is 5.82 Å². The number of nitrogens with zero attached hydrogens (tertiary/aromatic N) is 4. The number of likely N-dealkylation sites (tertiary alicyclic amines) is 1. The molecule has 2 aromatic rings. The molecule has 3 heterocycles. The van der Waals surface area contributed by atoms with E-state index in [2.05, 4.69) is 0 Å². The second kappa shape index (κ2) is 9.62. The van der Waals surface area contributed by atoms with Gasteiger partial charge >= 0.3 is 0 Å². The van der Waals surface area contributed by atoms with E-state index >= 15 is 0 Å². The van der Waals surface area contributed by atoms with E-state index in [4.69, 9.17) is 9.97 Å². The molecule has 1 aromatic carbocycles. The van der Waals surface area contributed by atoms with Crippen molar-refractivity contribution in [3.63, 3.8) is 0 Å². The Morgan fingerprint density at radius 1 is 1.00 bits per heavy atom. The van der Waals surface area contributed by atoms with E-state index < -0.39 is 0 Å². The third-order valence-corrected chi connectivity index (χ3v) is 7.61. The van der Waals surface area contributed by atoms with E-state index in [-0.39, 0.29) is 17.7 Å². The standard InChI is InChI=1S/C27H34N4O2/c1-19-23-14-15-24(32)31(17-20-9-4-2-5-10-20)26(23)29-25(28-19)22-13-8-16-30(18-22)27(33)21-11-6-3-7-12-21/h3,6-7,11-12,20,22H,2,4-5,8-10,13-18H2,1H3/t22-/m0/s1. The first-order chi connectivity index (χ1) is 16.1. The van der Waals surface area contributed by atoms with Gasteiger partial charge in [0.25, 0.3) is 5.91 Å². The lowest BCUT2D eigenvalue weighted by atomic mass is 9.88. The van der Waals surface area contributed by atoms with Gasteiger partial charge in [0.1, 0.15) is 11.6 Å². The smallest absolute Gasteiger partial charge is 0.253 e. The van der Waals surface area contributed by atoms with Gasteiger partial charge < -0.3 is 4.90 Å². The fourth-order valence-electron chi connectivity index (χ4n) is 5.74. The number of hydrogen-bond acceptors (Lipinski definition) is 4. The molecule has 0 bridgehead atoms. The minimum absolute atomic E-state index is 0.0732. The fraction of sp³-hybridized carbons (Fsp3) is 0.556. The van der Waals surface area contributed by atoms with Gasteiger partial charge in [0.2, 0.25) is 5.91 Å². The monoisotopic (exact) mass is 446 g/mol. The summed E-state index contributed by atoms with van der Waals surface area (Å²) in [6.45, 7) is 4.22. The molecular weight excluding hydrogens is 412 g/mol. The van der Waals surface area contributed by atoms with Crippen LogP contribution in [0.15, 0.2) is 30.3 Å². The average Bonchev–Trinajstić information content (AvgIpc) is 2.86. The zero-order chi connectivity index (χ0) is 22.8. The van der Waals surface area contributed by atoms with Crippen LogP contribution in [-0.4, -0.2) is 46.3 Å². The third-order valence-electron chi connectivity index (χ3n) is 7.61. The van der Waals surface area contributed by atoms with E-state index in [0.717, 1.165) is 60.8 Å². The summed E-state index contributed by atoms with van der Waals surface area (Å²) in [6, 6.07) is 9.49. The molecule has 6 heteroatoms. The van der Waals surface area contributed by atoms with Crippen LogP contribution < -0.4 is 4.90 Å². The number of aromatic nitrogens is 2. The van der Waals surface area contributed by atoms with E-state index in [1.165, 1.54) is 32.1 Å².